The molecule has 0 radical (unpaired) electrons. The van der Waals surface area contributed by atoms with Crippen molar-refractivity contribution in [2.75, 3.05) is 19.7 Å². The second-order valence-electron chi connectivity index (χ2n) is 3.59. The monoisotopic (exact) mass is 303 g/mol. The van der Waals surface area contributed by atoms with Gasteiger partial charge in [0.25, 0.3) is 5.91 Å². The fraction of sp³-hybridized carbons (Fsp3) is 0.417. The zero-order valence-electron chi connectivity index (χ0n) is 9.62. The number of carbonyl (C=O) groups excluding carboxylic acids is 1. The highest BCUT2D eigenvalue weighted by Crippen LogP contribution is 2.19. The molecule has 0 aromatic heterocycles. The van der Waals surface area contributed by atoms with Crippen LogP contribution in [0.3, 0.4) is 0 Å². The van der Waals surface area contributed by atoms with Crippen LogP contribution in [0.1, 0.15) is 23.7 Å². The van der Waals surface area contributed by atoms with Crippen molar-refractivity contribution in [3.8, 4) is 0 Å². The molecule has 0 aliphatic rings. The molecule has 0 aliphatic carbocycles. The molecule has 1 rings (SSSR count). The molecule has 0 bridgehead atoms. The van der Waals surface area contributed by atoms with E-state index in [1.54, 1.807) is 4.90 Å². The van der Waals surface area contributed by atoms with Crippen LogP contribution >= 0.6 is 15.9 Å². The Kier molecular flexibility index (Phi) is 5.58. The molecule has 0 saturated heterocycles. The Balaban J connectivity index is 2.89. The van der Waals surface area contributed by atoms with Crippen molar-refractivity contribution in [1.82, 2.24) is 4.90 Å². The molecule has 3 nitrogen and oxygen atoms in total. The van der Waals surface area contributed by atoms with Crippen LogP contribution in [0, 0.1) is 5.82 Å². The molecule has 94 valence electrons. The number of hydrogen-bond acceptors (Lipinski definition) is 2. The predicted octanol–water partition coefficient (Wildman–Crippen LogP) is 2.43. The highest BCUT2D eigenvalue weighted by molar-refractivity contribution is 9.10. The lowest BCUT2D eigenvalue weighted by molar-refractivity contribution is 0.0753. The first kappa shape index (κ1) is 14.1. The molecule has 0 fully saturated rings. The van der Waals surface area contributed by atoms with Gasteiger partial charge < -0.3 is 10.0 Å². The van der Waals surface area contributed by atoms with Gasteiger partial charge in [0.05, 0.1) is 5.56 Å². The van der Waals surface area contributed by atoms with Gasteiger partial charge in [-0.25, -0.2) is 4.39 Å². The smallest absolute Gasteiger partial charge is 0.255 e. The molecule has 17 heavy (non-hydrogen) atoms. The van der Waals surface area contributed by atoms with Crippen LogP contribution in [0.5, 0.6) is 0 Å². The highest BCUT2D eigenvalue weighted by atomic mass is 79.9. The van der Waals surface area contributed by atoms with E-state index in [-0.39, 0.29) is 12.5 Å². The summed E-state index contributed by atoms with van der Waals surface area (Å²) in [6.07, 6.45) is 0.520. The predicted molar refractivity (Wildman–Crippen MR) is 67.4 cm³/mol. The van der Waals surface area contributed by atoms with Crippen LogP contribution < -0.4 is 0 Å². The summed E-state index contributed by atoms with van der Waals surface area (Å²) >= 11 is 3.23. The summed E-state index contributed by atoms with van der Waals surface area (Å²) in [6.45, 7) is 2.88. The van der Waals surface area contributed by atoms with Crippen LogP contribution in [-0.4, -0.2) is 35.6 Å². The fourth-order valence-electron chi connectivity index (χ4n) is 1.50. The average Bonchev–Trinajstić information content (AvgIpc) is 2.33. The van der Waals surface area contributed by atoms with Gasteiger partial charge in [-0.1, -0.05) is 0 Å². The first-order chi connectivity index (χ1) is 8.10. The molecule has 1 aromatic rings. The quantitative estimate of drug-likeness (QED) is 0.907. The zero-order valence-corrected chi connectivity index (χ0v) is 11.2. The van der Waals surface area contributed by atoms with Gasteiger partial charge in [0, 0.05) is 24.2 Å². The lowest BCUT2D eigenvalue weighted by Gasteiger charge is -2.21. The molecule has 0 aliphatic heterocycles. The third-order valence-electron chi connectivity index (χ3n) is 2.41. The van der Waals surface area contributed by atoms with Crippen LogP contribution in [0.4, 0.5) is 4.39 Å². The van der Waals surface area contributed by atoms with Gasteiger partial charge in [0.2, 0.25) is 0 Å². The molecule has 0 heterocycles. The van der Waals surface area contributed by atoms with Gasteiger partial charge in [-0.3, -0.25) is 4.79 Å². The minimum atomic E-state index is -0.435. The van der Waals surface area contributed by atoms with Crippen LogP contribution in [0.25, 0.3) is 0 Å². The first-order valence-corrected chi connectivity index (χ1v) is 6.24. The Morgan fingerprint density at radius 2 is 2.24 bits per heavy atom. The molecule has 1 amide bonds. The van der Waals surface area contributed by atoms with E-state index in [1.165, 1.54) is 18.2 Å². The van der Waals surface area contributed by atoms with Crippen LogP contribution in [0.15, 0.2) is 22.7 Å². The third-order valence-corrected chi connectivity index (χ3v) is 3.11. The molecule has 1 N–H and O–H groups in total. The van der Waals surface area contributed by atoms with E-state index in [1.807, 2.05) is 6.92 Å². The van der Waals surface area contributed by atoms with Crippen LogP contribution in [-0.2, 0) is 0 Å². The molecule has 1 aromatic carbocycles. The summed E-state index contributed by atoms with van der Waals surface area (Å²) in [6, 6.07) is 4.03. The number of aliphatic hydroxyl groups is 1. The van der Waals surface area contributed by atoms with E-state index in [0.717, 1.165) is 0 Å². The number of rotatable bonds is 5. The SMILES string of the molecule is CCN(CCCO)C(=O)c1cc(F)ccc1Br. The molecule has 0 saturated carbocycles. The minimum Gasteiger partial charge on any atom is -0.396 e. The fourth-order valence-corrected chi connectivity index (χ4v) is 1.91. The van der Waals surface area contributed by atoms with Gasteiger partial charge >= 0.3 is 0 Å². The second-order valence-corrected chi connectivity index (χ2v) is 4.44. The third kappa shape index (κ3) is 3.78. The summed E-state index contributed by atoms with van der Waals surface area (Å²) in [4.78, 5) is 13.7. The number of halogens is 2. The molecular formula is C12H15BrFNO2. The summed E-state index contributed by atoms with van der Waals surface area (Å²) in [5, 5.41) is 8.75. The molecule has 0 spiro atoms. The number of nitrogens with zero attached hydrogens (tertiary/aromatic N) is 1. The summed E-state index contributed by atoms with van der Waals surface area (Å²) < 4.78 is 13.7. The van der Waals surface area contributed by atoms with E-state index in [2.05, 4.69) is 15.9 Å². The van der Waals surface area contributed by atoms with Crippen molar-refractivity contribution in [2.24, 2.45) is 0 Å². The Labute approximate surface area is 108 Å². The first-order valence-electron chi connectivity index (χ1n) is 5.45. The number of benzene rings is 1. The maximum absolute atomic E-state index is 13.1. The second kappa shape index (κ2) is 6.71. The van der Waals surface area contributed by atoms with Crippen molar-refractivity contribution < 1.29 is 14.3 Å². The lowest BCUT2D eigenvalue weighted by atomic mass is 10.2. The lowest BCUT2D eigenvalue weighted by Crippen LogP contribution is -2.32. The van der Waals surface area contributed by atoms with Crippen molar-refractivity contribution >= 4 is 21.8 Å². The van der Waals surface area contributed by atoms with E-state index >= 15 is 0 Å². The Morgan fingerprint density at radius 3 is 2.82 bits per heavy atom. The number of carbonyl (C=O) groups is 1. The van der Waals surface area contributed by atoms with Crippen molar-refractivity contribution in [3.05, 3.63) is 34.1 Å². The molecule has 5 heteroatoms. The standard InChI is InChI=1S/C12H15BrFNO2/c1-2-15(6-3-7-16)12(17)10-8-9(14)4-5-11(10)13/h4-5,8,16H,2-3,6-7H2,1H3. The van der Waals surface area contributed by atoms with Crippen molar-refractivity contribution in [1.29, 1.82) is 0 Å². The molecule has 0 atom stereocenters. The van der Waals surface area contributed by atoms with Crippen molar-refractivity contribution in [3.63, 3.8) is 0 Å². The van der Waals surface area contributed by atoms with E-state index in [4.69, 9.17) is 5.11 Å². The Hall–Kier alpha value is -0.940. The number of hydrogen-bond donors (Lipinski definition) is 1. The van der Waals surface area contributed by atoms with Gasteiger partial charge in [0.15, 0.2) is 0 Å². The summed E-state index contributed by atoms with van der Waals surface area (Å²) in [5.74, 6) is -0.665. The van der Waals surface area contributed by atoms with E-state index < -0.39 is 5.82 Å². The van der Waals surface area contributed by atoms with Gasteiger partial charge in [-0.05, 0) is 47.5 Å². The summed E-state index contributed by atoms with van der Waals surface area (Å²) in [5.41, 5.74) is 0.310. The summed E-state index contributed by atoms with van der Waals surface area (Å²) in [7, 11) is 0. The molecule has 0 unspecified atom stereocenters. The maximum Gasteiger partial charge on any atom is 0.255 e. The van der Waals surface area contributed by atoms with E-state index in [9.17, 15) is 9.18 Å². The average molecular weight is 304 g/mol. The minimum absolute atomic E-state index is 0.0358. The highest BCUT2D eigenvalue weighted by Gasteiger charge is 2.17. The van der Waals surface area contributed by atoms with E-state index in [0.29, 0.717) is 29.5 Å². The van der Waals surface area contributed by atoms with Crippen molar-refractivity contribution in [2.45, 2.75) is 13.3 Å². The zero-order chi connectivity index (χ0) is 12.8. The normalized spacial score (nSPS) is 10.4. The Morgan fingerprint density at radius 1 is 1.53 bits per heavy atom. The molecular weight excluding hydrogens is 289 g/mol. The van der Waals surface area contributed by atoms with Gasteiger partial charge in [0.1, 0.15) is 5.82 Å². The number of aliphatic hydroxyl groups excluding tert-OH is 1. The maximum atomic E-state index is 13.1. The Bertz CT molecular complexity index is 398. The van der Waals surface area contributed by atoms with Gasteiger partial charge in [-0.15, -0.1) is 0 Å². The topological polar surface area (TPSA) is 40.5 Å². The number of amides is 1. The van der Waals surface area contributed by atoms with Gasteiger partial charge in [-0.2, -0.15) is 0 Å². The largest absolute Gasteiger partial charge is 0.396 e. The van der Waals surface area contributed by atoms with Crippen LogP contribution in [0.2, 0.25) is 0 Å².